The predicted octanol–water partition coefficient (Wildman–Crippen LogP) is 1.74. The fraction of sp³-hybridized carbons (Fsp3) is 0.500. The molecule has 0 aliphatic heterocycles. The van der Waals surface area contributed by atoms with Gasteiger partial charge in [0.05, 0.1) is 6.10 Å². The molecule has 100 valence electrons. The van der Waals surface area contributed by atoms with Crippen LogP contribution in [0.3, 0.4) is 0 Å². The number of rotatable bonds is 7. The minimum absolute atomic E-state index is 0.0541. The molecule has 4 nitrogen and oxygen atoms in total. The molecular weight excluding hydrogens is 228 g/mol. The van der Waals surface area contributed by atoms with E-state index in [9.17, 15) is 4.79 Å². The van der Waals surface area contributed by atoms with E-state index in [0.717, 1.165) is 17.7 Å². The minimum Gasteiger partial charge on any atom is -0.399 e. The second kappa shape index (κ2) is 7.71. The maximum atomic E-state index is 11.6. The van der Waals surface area contributed by atoms with Crippen molar-refractivity contribution in [3.05, 3.63) is 29.8 Å². The first-order chi connectivity index (χ1) is 8.61. The van der Waals surface area contributed by atoms with Gasteiger partial charge in [-0.05, 0) is 38.0 Å². The van der Waals surface area contributed by atoms with Crippen molar-refractivity contribution in [3.63, 3.8) is 0 Å². The Bertz CT molecular complexity index is 363. The lowest BCUT2D eigenvalue weighted by molar-refractivity contribution is -0.121. The molecule has 1 unspecified atom stereocenters. The average Bonchev–Trinajstić information content (AvgIpc) is 2.36. The molecule has 1 atom stereocenters. The Balaban J connectivity index is 2.22. The van der Waals surface area contributed by atoms with Crippen LogP contribution < -0.4 is 11.1 Å². The average molecular weight is 250 g/mol. The smallest absolute Gasteiger partial charge is 0.220 e. The number of anilines is 1. The monoisotopic (exact) mass is 250 g/mol. The van der Waals surface area contributed by atoms with Gasteiger partial charge in [0.1, 0.15) is 0 Å². The summed E-state index contributed by atoms with van der Waals surface area (Å²) >= 11 is 0. The number of hydrogen-bond donors (Lipinski definition) is 2. The zero-order valence-electron chi connectivity index (χ0n) is 11.1. The highest BCUT2D eigenvalue weighted by atomic mass is 16.5. The third-order valence-corrected chi connectivity index (χ3v) is 2.66. The second-order valence-electron chi connectivity index (χ2n) is 4.31. The van der Waals surface area contributed by atoms with Gasteiger partial charge in [-0.2, -0.15) is 0 Å². The molecule has 0 heterocycles. The van der Waals surface area contributed by atoms with E-state index in [-0.39, 0.29) is 12.0 Å². The van der Waals surface area contributed by atoms with Gasteiger partial charge in [0.15, 0.2) is 0 Å². The highest BCUT2D eigenvalue weighted by Gasteiger charge is 2.05. The number of ether oxygens (including phenoxy) is 1. The quantitative estimate of drug-likeness (QED) is 0.724. The lowest BCUT2D eigenvalue weighted by Gasteiger charge is -2.12. The van der Waals surface area contributed by atoms with Crippen LogP contribution in [0.5, 0.6) is 0 Å². The fourth-order valence-electron chi connectivity index (χ4n) is 1.63. The van der Waals surface area contributed by atoms with Crippen LogP contribution in [0.4, 0.5) is 5.69 Å². The van der Waals surface area contributed by atoms with E-state index in [1.165, 1.54) is 0 Å². The molecule has 1 amide bonds. The van der Waals surface area contributed by atoms with Crippen LogP contribution in [-0.2, 0) is 16.0 Å². The number of carbonyl (C=O) groups is 1. The summed E-state index contributed by atoms with van der Waals surface area (Å²) in [4.78, 5) is 11.6. The van der Waals surface area contributed by atoms with Crippen molar-refractivity contribution in [2.45, 2.75) is 32.8 Å². The topological polar surface area (TPSA) is 64.3 Å². The van der Waals surface area contributed by atoms with Gasteiger partial charge in [-0.1, -0.05) is 12.1 Å². The molecule has 3 N–H and O–H groups in total. The van der Waals surface area contributed by atoms with Crippen molar-refractivity contribution in [1.29, 1.82) is 0 Å². The molecule has 0 saturated carbocycles. The van der Waals surface area contributed by atoms with E-state index >= 15 is 0 Å². The van der Waals surface area contributed by atoms with Gasteiger partial charge in [0, 0.05) is 25.3 Å². The van der Waals surface area contributed by atoms with Gasteiger partial charge < -0.3 is 15.8 Å². The van der Waals surface area contributed by atoms with Crippen LogP contribution in [0.25, 0.3) is 0 Å². The molecule has 0 radical (unpaired) electrons. The molecule has 1 aromatic carbocycles. The first-order valence-corrected chi connectivity index (χ1v) is 6.34. The first-order valence-electron chi connectivity index (χ1n) is 6.34. The van der Waals surface area contributed by atoms with E-state index in [1.807, 2.05) is 38.1 Å². The number of amides is 1. The zero-order valence-corrected chi connectivity index (χ0v) is 11.1. The maximum Gasteiger partial charge on any atom is 0.220 e. The Hall–Kier alpha value is -1.55. The summed E-state index contributed by atoms with van der Waals surface area (Å²) in [5.74, 6) is 0.0541. The Labute approximate surface area is 109 Å². The second-order valence-corrected chi connectivity index (χ2v) is 4.31. The molecule has 0 fully saturated rings. The van der Waals surface area contributed by atoms with Gasteiger partial charge in [0.2, 0.25) is 5.91 Å². The Kier molecular flexibility index (Phi) is 6.22. The molecule has 0 aliphatic carbocycles. The van der Waals surface area contributed by atoms with E-state index in [4.69, 9.17) is 10.5 Å². The molecular formula is C14H22N2O2. The highest BCUT2D eigenvalue weighted by Crippen LogP contribution is 2.07. The van der Waals surface area contributed by atoms with E-state index in [0.29, 0.717) is 19.6 Å². The fourth-order valence-corrected chi connectivity index (χ4v) is 1.63. The number of nitrogens with two attached hydrogens (primary N) is 1. The summed E-state index contributed by atoms with van der Waals surface area (Å²) in [6.07, 6.45) is 1.29. The number of nitrogens with one attached hydrogen (secondary N) is 1. The summed E-state index contributed by atoms with van der Waals surface area (Å²) in [6, 6.07) is 7.60. The predicted molar refractivity (Wildman–Crippen MR) is 73.3 cm³/mol. The van der Waals surface area contributed by atoms with E-state index in [2.05, 4.69) is 5.32 Å². The SMILES string of the molecule is CCOC(C)CNC(=O)CCc1ccc(N)cc1. The molecule has 0 aromatic heterocycles. The number of hydrogen-bond acceptors (Lipinski definition) is 3. The summed E-state index contributed by atoms with van der Waals surface area (Å²) < 4.78 is 5.34. The van der Waals surface area contributed by atoms with Gasteiger partial charge in [-0.3, -0.25) is 4.79 Å². The standard InChI is InChI=1S/C14H22N2O2/c1-3-18-11(2)10-16-14(17)9-6-12-4-7-13(15)8-5-12/h4-5,7-8,11H,3,6,9-10,15H2,1-2H3,(H,16,17). The van der Waals surface area contributed by atoms with Gasteiger partial charge in [0.25, 0.3) is 0 Å². The molecule has 0 aliphatic rings. The maximum absolute atomic E-state index is 11.6. The number of nitrogen functional groups attached to an aromatic ring is 1. The Morgan fingerprint density at radius 1 is 1.39 bits per heavy atom. The molecule has 18 heavy (non-hydrogen) atoms. The zero-order chi connectivity index (χ0) is 13.4. The molecule has 1 rings (SSSR count). The van der Waals surface area contributed by atoms with Crippen molar-refractivity contribution in [1.82, 2.24) is 5.32 Å². The number of aryl methyl sites for hydroxylation is 1. The molecule has 0 spiro atoms. The van der Waals surface area contributed by atoms with Crippen LogP contribution in [0.1, 0.15) is 25.8 Å². The van der Waals surface area contributed by atoms with Gasteiger partial charge in [-0.15, -0.1) is 0 Å². The highest BCUT2D eigenvalue weighted by molar-refractivity contribution is 5.76. The van der Waals surface area contributed by atoms with E-state index in [1.54, 1.807) is 0 Å². The van der Waals surface area contributed by atoms with Gasteiger partial charge in [-0.25, -0.2) is 0 Å². The molecule has 4 heteroatoms. The van der Waals surface area contributed by atoms with Crippen LogP contribution >= 0.6 is 0 Å². The van der Waals surface area contributed by atoms with Crippen molar-refractivity contribution >= 4 is 11.6 Å². The summed E-state index contributed by atoms with van der Waals surface area (Å²) in [5.41, 5.74) is 7.47. The largest absolute Gasteiger partial charge is 0.399 e. The first kappa shape index (κ1) is 14.5. The summed E-state index contributed by atoms with van der Waals surface area (Å²) in [5, 5.41) is 2.86. The van der Waals surface area contributed by atoms with Crippen LogP contribution in [0, 0.1) is 0 Å². The minimum atomic E-state index is 0.0541. The number of benzene rings is 1. The lowest BCUT2D eigenvalue weighted by Crippen LogP contribution is -2.32. The van der Waals surface area contributed by atoms with Gasteiger partial charge >= 0.3 is 0 Å². The Morgan fingerprint density at radius 3 is 2.67 bits per heavy atom. The normalized spacial score (nSPS) is 12.1. The van der Waals surface area contributed by atoms with Crippen molar-refractivity contribution in [2.75, 3.05) is 18.9 Å². The Morgan fingerprint density at radius 2 is 2.06 bits per heavy atom. The van der Waals surface area contributed by atoms with E-state index < -0.39 is 0 Å². The van der Waals surface area contributed by atoms with Crippen LogP contribution in [0.2, 0.25) is 0 Å². The summed E-state index contributed by atoms with van der Waals surface area (Å²) in [6.45, 7) is 5.13. The third kappa shape index (κ3) is 5.68. The van der Waals surface area contributed by atoms with Crippen LogP contribution in [0.15, 0.2) is 24.3 Å². The molecule has 0 bridgehead atoms. The lowest BCUT2D eigenvalue weighted by atomic mass is 10.1. The van der Waals surface area contributed by atoms with Crippen LogP contribution in [-0.4, -0.2) is 25.2 Å². The van der Waals surface area contributed by atoms with Crippen molar-refractivity contribution < 1.29 is 9.53 Å². The molecule has 1 aromatic rings. The number of carbonyl (C=O) groups excluding carboxylic acids is 1. The van der Waals surface area contributed by atoms with Crippen molar-refractivity contribution in [2.24, 2.45) is 0 Å². The van der Waals surface area contributed by atoms with Crippen molar-refractivity contribution in [3.8, 4) is 0 Å². The summed E-state index contributed by atoms with van der Waals surface area (Å²) in [7, 11) is 0. The molecule has 0 saturated heterocycles. The third-order valence-electron chi connectivity index (χ3n) is 2.66.